The van der Waals surface area contributed by atoms with Crippen molar-refractivity contribution in [1.29, 1.82) is 0 Å². The lowest BCUT2D eigenvalue weighted by Gasteiger charge is -2.36. The van der Waals surface area contributed by atoms with Gasteiger partial charge < -0.3 is 14.5 Å². The quantitative estimate of drug-likeness (QED) is 0.0802. The summed E-state index contributed by atoms with van der Waals surface area (Å²) < 4.78 is 6.02. The van der Waals surface area contributed by atoms with Crippen LogP contribution in [0.3, 0.4) is 0 Å². The summed E-state index contributed by atoms with van der Waals surface area (Å²) in [6.45, 7) is 29.2. The van der Waals surface area contributed by atoms with Crippen LogP contribution < -0.4 is 9.80 Å². The predicted molar refractivity (Wildman–Crippen MR) is 422 cm³/mol. The molecule has 0 amide bonds. The van der Waals surface area contributed by atoms with E-state index >= 15 is 0 Å². The molecule has 12 aromatic rings. The Bertz CT molecular complexity index is 4950. The van der Waals surface area contributed by atoms with Crippen molar-refractivity contribution in [3.05, 3.63) is 389 Å². The van der Waals surface area contributed by atoms with Crippen molar-refractivity contribution >= 4 is 51.8 Å². The number of ether oxygens (including phenoxy) is 1. The molecule has 0 aliphatic heterocycles. The first-order valence-electron chi connectivity index (χ1n) is 35.1. The average Bonchev–Trinajstić information content (AvgIpc) is 1.56. The van der Waals surface area contributed by atoms with E-state index in [2.05, 4.69) is 389 Å². The molecule has 3 nitrogen and oxygen atoms in total. The van der Waals surface area contributed by atoms with Crippen LogP contribution in [0.4, 0.5) is 34.1 Å². The minimum atomic E-state index is -0.596. The second-order valence-corrected chi connectivity index (χ2v) is 28.8. The van der Waals surface area contributed by atoms with Gasteiger partial charge in [-0.05, 0) is 222 Å². The molecule has 0 bridgehead atoms. The van der Waals surface area contributed by atoms with Crippen molar-refractivity contribution in [3.8, 4) is 33.4 Å². The largest absolute Gasteiger partial charge is 0.378 e. The summed E-state index contributed by atoms with van der Waals surface area (Å²) in [5.74, 6) is 0. The molecular formula is C96H88N2O. The molecule has 0 radical (unpaired) electrons. The third-order valence-electron chi connectivity index (χ3n) is 20.8. The van der Waals surface area contributed by atoms with Gasteiger partial charge in [0, 0.05) is 40.7 Å². The maximum Gasteiger partial charge on any atom is 0.0714 e. The van der Waals surface area contributed by atoms with E-state index < -0.39 is 10.8 Å². The Kier molecular flexibility index (Phi) is 17.8. The van der Waals surface area contributed by atoms with Crippen molar-refractivity contribution in [3.63, 3.8) is 0 Å². The van der Waals surface area contributed by atoms with Crippen LogP contribution in [0.1, 0.15) is 135 Å². The fourth-order valence-corrected chi connectivity index (χ4v) is 15.6. The predicted octanol–water partition coefficient (Wildman–Crippen LogP) is 25.7. The Morgan fingerprint density at radius 3 is 1.16 bits per heavy atom. The highest BCUT2D eigenvalue weighted by Crippen LogP contribution is 2.59. The van der Waals surface area contributed by atoms with E-state index in [1.807, 2.05) is 12.2 Å². The molecule has 0 heterocycles. The molecule has 0 saturated carbocycles. The minimum Gasteiger partial charge on any atom is -0.378 e. The Morgan fingerprint density at radius 2 is 0.737 bits per heavy atom. The van der Waals surface area contributed by atoms with Gasteiger partial charge >= 0.3 is 0 Å². The molecule has 99 heavy (non-hydrogen) atoms. The van der Waals surface area contributed by atoms with Gasteiger partial charge in [-0.25, -0.2) is 0 Å². The highest BCUT2D eigenvalue weighted by Gasteiger charge is 2.48. The van der Waals surface area contributed by atoms with Crippen LogP contribution in [0.5, 0.6) is 0 Å². The van der Waals surface area contributed by atoms with Gasteiger partial charge in [0.05, 0.1) is 16.9 Å². The zero-order chi connectivity index (χ0) is 68.6. The lowest BCUT2D eigenvalue weighted by molar-refractivity contribution is 0.0787. The summed E-state index contributed by atoms with van der Waals surface area (Å²) in [6.07, 6.45) is 9.45. The summed E-state index contributed by atoms with van der Waals surface area (Å²) in [7, 11) is 0. The number of hydrogen-bond acceptors (Lipinski definition) is 3. The standard InChI is InChI=1S/C96H88N2O/c1-12-68-32-44-76(45-33-68)95(77-52-48-74(49-53-77)93(6,7)8)67(5)86(30-23-24-66(4)99-14-3)88-62-60-84(64-91(88)95)97(80-25-17-15-18-26-80)82-56-40-72(41-57-82)70-36-38-71(39-37-70)73-42-58-83(59-43-73)98(81-27-19-16-20-28-81)85-61-63-89-87-29-21-22-31-90(87)96(92(89)65-85,78-46-34-69(13-2)35-47-78)79-54-50-75(51-55-79)94(9,10)11/h12-13,15-23,25-66H,1-2,14,24H2,3-11H3/b30-23-. The van der Waals surface area contributed by atoms with Crippen LogP contribution in [-0.4, -0.2) is 12.7 Å². The fourth-order valence-electron chi connectivity index (χ4n) is 15.6. The Labute approximate surface area is 588 Å². The molecule has 2 aliphatic rings. The first kappa shape index (κ1) is 65.4. The van der Waals surface area contributed by atoms with Crippen molar-refractivity contribution in [2.75, 3.05) is 16.4 Å². The van der Waals surface area contributed by atoms with E-state index in [0.29, 0.717) is 6.61 Å². The zero-order valence-electron chi connectivity index (χ0n) is 58.7. The number of para-hydroxylation sites is 2. The molecular weight excluding hydrogens is 1200 g/mol. The van der Waals surface area contributed by atoms with Crippen molar-refractivity contribution < 1.29 is 4.74 Å². The zero-order valence-corrected chi connectivity index (χ0v) is 58.7. The number of allylic oxidation sites excluding steroid dienone is 3. The fraction of sp³-hybridized carbons (Fsp3) is 0.167. The van der Waals surface area contributed by atoms with Crippen molar-refractivity contribution in [1.82, 2.24) is 0 Å². The van der Waals surface area contributed by atoms with E-state index in [0.717, 1.165) is 73.9 Å². The third-order valence-corrected chi connectivity index (χ3v) is 20.8. The summed E-state index contributed by atoms with van der Waals surface area (Å²) >= 11 is 0. The van der Waals surface area contributed by atoms with E-state index in [-0.39, 0.29) is 16.9 Å². The Hall–Kier alpha value is -10.8. The van der Waals surface area contributed by atoms with Crippen LogP contribution in [0.25, 0.3) is 51.1 Å². The molecule has 0 saturated heterocycles. The average molecular weight is 1290 g/mol. The van der Waals surface area contributed by atoms with Crippen molar-refractivity contribution in [2.45, 2.75) is 96.5 Å². The van der Waals surface area contributed by atoms with E-state index in [9.17, 15) is 0 Å². The second kappa shape index (κ2) is 26.9. The molecule has 14 rings (SSSR count). The van der Waals surface area contributed by atoms with Crippen LogP contribution in [0.2, 0.25) is 0 Å². The van der Waals surface area contributed by atoms with Gasteiger partial charge in [0.2, 0.25) is 0 Å². The number of rotatable bonds is 19. The van der Waals surface area contributed by atoms with Gasteiger partial charge in [-0.3, -0.25) is 0 Å². The van der Waals surface area contributed by atoms with Crippen LogP contribution in [-0.2, 0) is 26.4 Å². The SMILES string of the molecule is C=Cc1ccc(C2(c3ccc(C(C)(C)C)cc3)C(C)=C(/C=C\CC(C)OCC)c3ccc(N(c4ccccc4)c4ccc(-c5ccc(-c6ccc(N(c7ccccc7)c7ccc8c(c7)C(c7ccc(C=C)cc7)(c7ccc(C(C)(C)C)cc7)c7ccccc7-8)cc6)cc5)cc4)cc32)cc1. The van der Waals surface area contributed by atoms with Gasteiger partial charge in [0.1, 0.15) is 0 Å². The molecule has 2 aliphatic carbocycles. The normalized spacial score (nSPS) is 15.9. The maximum atomic E-state index is 6.02. The molecule has 12 aromatic carbocycles. The van der Waals surface area contributed by atoms with Gasteiger partial charge in [-0.15, -0.1) is 0 Å². The molecule has 0 fully saturated rings. The summed E-state index contributed by atoms with van der Waals surface area (Å²) in [5, 5.41) is 0. The highest BCUT2D eigenvalue weighted by atomic mass is 16.5. The number of nitrogens with zero attached hydrogens (tertiary/aromatic N) is 2. The topological polar surface area (TPSA) is 15.7 Å². The number of benzene rings is 12. The monoisotopic (exact) mass is 1280 g/mol. The van der Waals surface area contributed by atoms with Crippen LogP contribution in [0.15, 0.2) is 322 Å². The van der Waals surface area contributed by atoms with Crippen LogP contribution in [0, 0.1) is 0 Å². The van der Waals surface area contributed by atoms with E-state index in [1.165, 1.54) is 77.9 Å². The summed E-state index contributed by atoms with van der Waals surface area (Å²) in [5.41, 5.74) is 29.8. The minimum absolute atomic E-state index is 0.00290. The highest BCUT2D eigenvalue weighted by molar-refractivity contribution is 5.93. The van der Waals surface area contributed by atoms with Crippen molar-refractivity contribution in [2.24, 2.45) is 0 Å². The smallest absolute Gasteiger partial charge is 0.0714 e. The first-order valence-corrected chi connectivity index (χ1v) is 35.1. The van der Waals surface area contributed by atoms with Crippen LogP contribution >= 0.6 is 0 Å². The number of hydrogen-bond donors (Lipinski definition) is 0. The molecule has 0 aromatic heterocycles. The molecule has 0 N–H and O–H groups in total. The second-order valence-electron chi connectivity index (χ2n) is 28.8. The molecule has 3 atom stereocenters. The Morgan fingerprint density at radius 1 is 0.384 bits per heavy atom. The summed E-state index contributed by atoms with van der Waals surface area (Å²) in [6, 6.07) is 109. The van der Waals surface area contributed by atoms with Gasteiger partial charge in [0.25, 0.3) is 0 Å². The van der Waals surface area contributed by atoms with E-state index in [1.54, 1.807) is 0 Å². The van der Waals surface area contributed by atoms with Gasteiger partial charge in [0.15, 0.2) is 0 Å². The Balaban J connectivity index is 0.796. The summed E-state index contributed by atoms with van der Waals surface area (Å²) in [4.78, 5) is 4.81. The lowest BCUT2D eigenvalue weighted by Crippen LogP contribution is -2.29. The number of anilines is 6. The third kappa shape index (κ3) is 12.0. The molecule has 488 valence electrons. The molecule has 3 heteroatoms. The molecule has 3 unspecified atom stereocenters. The molecule has 0 spiro atoms. The van der Waals surface area contributed by atoms with E-state index in [4.69, 9.17) is 4.74 Å². The number of fused-ring (bicyclic) bond motifs is 4. The first-order chi connectivity index (χ1) is 48.0. The lowest BCUT2D eigenvalue weighted by atomic mass is 9.66. The van der Waals surface area contributed by atoms with Gasteiger partial charge in [-0.1, -0.05) is 297 Å². The van der Waals surface area contributed by atoms with Gasteiger partial charge in [-0.2, -0.15) is 0 Å². The maximum absolute atomic E-state index is 6.02.